The first-order chi connectivity index (χ1) is 7.94. The van der Waals surface area contributed by atoms with Crippen LogP contribution < -0.4 is 4.90 Å². The van der Waals surface area contributed by atoms with Gasteiger partial charge in [0.25, 0.3) is 0 Å². The lowest BCUT2D eigenvalue weighted by Gasteiger charge is -2.27. The zero-order valence-electron chi connectivity index (χ0n) is 10.4. The molecule has 1 aromatic rings. The van der Waals surface area contributed by atoms with E-state index in [-0.39, 0.29) is 11.8 Å². The summed E-state index contributed by atoms with van der Waals surface area (Å²) >= 11 is 5.81. The van der Waals surface area contributed by atoms with Gasteiger partial charge in [-0.15, -0.1) is 11.6 Å². The van der Waals surface area contributed by atoms with Crippen LogP contribution in [0.5, 0.6) is 0 Å². The third-order valence-corrected chi connectivity index (χ3v) is 5.07. The van der Waals surface area contributed by atoms with Crippen molar-refractivity contribution in [3.05, 3.63) is 24.3 Å². The summed E-state index contributed by atoms with van der Waals surface area (Å²) in [7, 11) is -1.34. The number of sulfone groups is 1. The molecule has 1 rings (SSSR count). The summed E-state index contributed by atoms with van der Waals surface area (Å²) < 4.78 is 24.0. The van der Waals surface area contributed by atoms with Crippen LogP contribution >= 0.6 is 11.6 Å². The second-order valence-corrected chi connectivity index (χ2v) is 6.54. The Labute approximate surface area is 108 Å². The molecule has 0 spiro atoms. The number of rotatable bonds is 5. The van der Waals surface area contributed by atoms with Crippen LogP contribution in [0.4, 0.5) is 5.69 Å². The second-order valence-electron chi connectivity index (χ2n) is 3.99. The Hall–Kier alpha value is -0.740. The maximum Gasteiger partial charge on any atom is 0.180 e. The standard InChI is InChI=1S/C12H18ClNO2S/c1-4-17(15,16)12-8-6-5-7-11(12)14(3)10(2)9-13/h5-8,10H,4,9H2,1-3H3. The molecule has 17 heavy (non-hydrogen) atoms. The number of hydrogen-bond donors (Lipinski definition) is 0. The molecule has 0 saturated carbocycles. The lowest BCUT2D eigenvalue weighted by Crippen LogP contribution is -2.31. The topological polar surface area (TPSA) is 37.4 Å². The van der Waals surface area contributed by atoms with E-state index < -0.39 is 9.84 Å². The molecule has 3 nitrogen and oxygen atoms in total. The Morgan fingerprint density at radius 3 is 2.47 bits per heavy atom. The van der Waals surface area contributed by atoms with E-state index in [4.69, 9.17) is 11.6 Å². The highest BCUT2D eigenvalue weighted by molar-refractivity contribution is 7.91. The fourth-order valence-corrected chi connectivity index (χ4v) is 2.84. The second kappa shape index (κ2) is 5.74. The van der Waals surface area contributed by atoms with Crippen LogP contribution in [-0.4, -0.2) is 33.1 Å². The first-order valence-corrected chi connectivity index (χ1v) is 7.73. The Kier molecular flexibility index (Phi) is 4.83. The van der Waals surface area contributed by atoms with E-state index in [0.29, 0.717) is 16.5 Å². The predicted molar refractivity (Wildman–Crippen MR) is 72.8 cm³/mol. The zero-order chi connectivity index (χ0) is 13.1. The summed E-state index contributed by atoms with van der Waals surface area (Å²) in [4.78, 5) is 2.28. The fraction of sp³-hybridized carbons (Fsp3) is 0.500. The Morgan fingerprint density at radius 2 is 1.94 bits per heavy atom. The molecule has 1 atom stereocenters. The molecular formula is C12H18ClNO2S. The van der Waals surface area contributed by atoms with Gasteiger partial charge in [-0.1, -0.05) is 19.1 Å². The van der Waals surface area contributed by atoms with E-state index in [0.717, 1.165) is 0 Å². The first kappa shape index (κ1) is 14.3. The van der Waals surface area contributed by atoms with Crippen LogP contribution in [0, 0.1) is 0 Å². The molecule has 0 aliphatic carbocycles. The molecule has 0 fully saturated rings. The molecule has 5 heteroatoms. The normalized spacial score (nSPS) is 13.4. The molecular weight excluding hydrogens is 258 g/mol. The van der Waals surface area contributed by atoms with Crippen molar-refractivity contribution in [3.8, 4) is 0 Å². The Bertz CT molecular complexity index is 473. The van der Waals surface area contributed by atoms with Gasteiger partial charge < -0.3 is 4.90 Å². The minimum absolute atomic E-state index is 0.0878. The summed E-state index contributed by atoms with van der Waals surface area (Å²) in [6.45, 7) is 3.61. The van der Waals surface area contributed by atoms with Gasteiger partial charge in [-0.25, -0.2) is 8.42 Å². The first-order valence-electron chi connectivity index (χ1n) is 5.54. The highest BCUT2D eigenvalue weighted by Gasteiger charge is 2.20. The quantitative estimate of drug-likeness (QED) is 0.775. The Morgan fingerprint density at radius 1 is 1.35 bits per heavy atom. The van der Waals surface area contributed by atoms with Gasteiger partial charge >= 0.3 is 0 Å². The van der Waals surface area contributed by atoms with Crippen molar-refractivity contribution in [2.45, 2.75) is 24.8 Å². The van der Waals surface area contributed by atoms with E-state index >= 15 is 0 Å². The average molecular weight is 276 g/mol. The summed E-state index contributed by atoms with van der Waals surface area (Å²) in [6, 6.07) is 7.12. The monoisotopic (exact) mass is 275 g/mol. The summed E-state index contributed by atoms with van der Waals surface area (Å²) in [5.41, 5.74) is 0.711. The molecule has 0 bridgehead atoms. The van der Waals surface area contributed by atoms with Crippen molar-refractivity contribution >= 4 is 27.1 Å². The van der Waals surface area contributed by atoms with Crippen LogP contribution in [0.1, 0.15) is 13.8 Å². The molecule has 1 unspecified atom stereocenters. The van der Waals surface area contributed by atoms with Crippen molar-refractivity contribution in [2.75, 3.05) is 23.6 Å². The van der Waals surface area contributed by atoms with Crippen LogP contribution in [0.25, 0.3) is 0 Å². The summed E-state index contributed by atoms with van der Waals surface area (Å²) in [5, 5.41) is 0. The SMILES string of the molecule is CCS(=O)(=O)c1ccccc1N(C)C(C)CCl. The van der Waals surface area contributed by atoms with E-state index in [1.807, 2.05) is 31.0 Å². The minimum Gasteiger partial charge on any atom is -0.370 e. The van der Waals surface area contributed by atoms with Crippen molar-refractivity contribution < 1.29 is 8.42 Å². The van der Waals surface area contributed by atoms with Crippen molar-refractivity contribution in [1.29, 1.82) is 0 Å². The number of halogens is 1. The van der Waals surface area contributed by atoms with E-state index in [1.165, 1.54) is 0 Å². The lowest BCUT2D eigenvalue weighted by molar-refractivity contribution is 0.596. The van der Waals surface area contributed by atoms with E-state index in [9.17, 15) is 8.42 Å². The van der Waals surface area contributed by atoms with E-state index in [1.54, 1.807) is 19.1 Å². The highest BCUT2D eigenvalue weighted by atomic mass is 35.5. The van der Waals surface area contributed by atoms with Crippen LogP contribution in [0.2, 0.25) is 0 Å². The third kappa shape index (κ3) is 3.13. The number of alkyl halides is 1. The van der Waals surface area contributed by atoms with Gasteiger partial charge in [-0.2, -0.15) is 0 Å². The number of nitrogens with zero attached hydrogens (tertiary/aromatic N) is 1. The number of para-hydroxylation sites is 1. The Balaban J connectivity index is 3.26. The average Bonchev–Trinajstić information content (AvgIpc) is 2.36. The lowest BCUT2D eigenvalue weighted by atomic mass is 10.2. The van der Waals surface area contributed by atoms with E-state index in [2.05, 4.69) is 0 Å². The summed E-state index contributed by atoms with van der Waals surface area (Å²) in [6.07, 6.45) is 0. The molecule has 0 saturated heterocycles. The van der Waals surface area contributed by atoms with Crippen LogP contribution in [-0.2, 0) is 9.84 Å². The number of anilines is 1. The van der Waals surface area contributed by atoms with Gasteiger partial charge in [0.05, 0.1) is 16.3 Å². The molecule has 96 valence electrons. The van der Waals surface area contributed by atoms with Gasteiger partial charge in [-0.05, 0) is 19.1 Å². The predicted octanol–water partition coefficient (Wildman–Crippen LogP) is 2.54. The molecule has 0 amide bonds. The molecule has 0 heterocycles. The largest absolute Gasteiger partial charge is 0.370 e. The van der Waals surface area contributed by atoms with Crippen molar-refractivity contribution in [2.24, 2.45) is 0 Å². The number of benzene rings is 1. The molecule has 0 radical (unpaired) electrons. The van der Waals surface area contributed by atoms with Gasteiger partial charge in [0.1, 0.15) is 0 Å². The fourth-order valence-electron chi connectivity index (χ4n) is 1.51. The highest BCUT2D eigenvalue weighted by Crippen LogP contribution is 2.26. The zero-order valence-corrected chi connectivity index (χ0v) is 11.9. The van der Waals surface area contributed by atoms with Gasteiger partial charge in [-0.3, -0.25) is 0 Å². The molecule has 0 N–H and O–H groups in total. The van der Waals surface area contributed by atoms with Crippen LogP contribution in [0.15, 0.2) is 29.2 Å². The van der Waals surface area contributed by atoms with Gasteiger partial charge in [0, 0.05) is 19.0 Å². The maximum absolute atomic E-state index is 12.0. The smallest absolute Gasteiger partial charge is 0.180 e. The maximum atomic E-state index is 12.0. The van der Waals surface area contributed by atoms with Crippen molar-refractivity contribution in [3.63, 3.8) is 0 Å². The minimum atomic E-state index is -3.20. The third-order valence-electron chi connectivity index (χ3n) is 2.84. The molecule has 0 aliphatic rings. The van der Waals surface area contributed by atoms with Crippen molar-refractivity contribution in [1.82, 2.24) is 0 Å². The molecule has 1 aromatic carbocycles. The van der Waals surface area contributed by atoms with Gasteiger partial charge in [0.15, 0.2) is 9.84 Å². The molecule has 0 aliphatic heterocycles. The summed E-state index contributed by atoms with van der Waals surface area (Å²) in [5.74, 6) is 0.560. The molecule has 0 aromatic heterocycles. The number of hydrogen-bond acceptors (Lipinski definition) is 3. The van der Waals surface area contributed by atoms with Crippen LogP contribution in [0.3, 0.4) is 0 Å². The van der Waals surface area contributed by atoms with Gasteiger partial charge in [0.2, 0.25) is 0 Å².